The van der Waals surface area contributed by atoms with Crippen LogP contribution in [0.1, 0.15) is 17.5 Å². The van der Waals surface area contributed by atoms with Crippen LogP contribution >= 0.6 is 0 Å². The van der Waals surface area contributed by atoms with E-state index in [1.807, 2.05) is 0 Å². The van der Waals surface area contributed by atoms with Crippen molar-refractivity contribution in [1.82, 2.24) is 0 Å². The van der Waals surface area contributed by atoms with E-state index in [1.54, 1.807) is 13.8 Å². The van der Waals surface area contributed by atoms with Gasteiger partial charge in [0.2, 0.25) is 5.91 Å². The van der Waals surface area contributed by atoms with Gasteiger partial charge in [0, 0.05) is 18.2 Å². The number of hydrogen-bond acceptors (Lipinski definition) is 5. The molecule has 0 unspecified atom stereocenters. The van der Waals surface area contributed by atoms with Gasteiger partial charge in [-0.1, -0.05) is 0 Å². The highest BCUT2D eigenvalue weighted by Gasteiger charge is 2.24. The summed E-state index contributed by atoms with van der Waals surface area (Å²) >= 11 is 0. The van der Waals surface area contributed by atoms with Crippen LogP contribution in [0.4, 0.5) is 15.8 Å². The van der Waals surface area contributed by atoms with Gasteiger partial charge in [0.15, 0.2) is 16.4 Å². The van der Waals surface area contributed by atoms with E-state index in [0.717, 1.165) is 0 Å². The van der Waals surface area contributed by atoms with E-state index in [4.69, 9.17) is 4.74 Å². The van der Waals surface area contributed by atoms with Crippen molar-refractivity contribution >= 4 is 33.0 Å². The SMILES string of the molecule is Cc1cc(F)ccc1NC(=O)CCS(=O)(=O)c1cc2c(cc1C)NC(=O)CO2. The van der Waals surface area contributed by atoms with E-state index in [0.29, 0.717) is 22.5 Å². The molecule has 2 aromatic rings. The lowest BCUT2D eigenvalue weighted by Gasteiger charge is -2.20. The number of nitrogens with one attached hydrogen (secondary N) is 2. The molecule has 2 N–H and O–H groups in total. The van der Waals surface area contributed by atoms with Crippen molar-refractivity contribution in [2.24, 2.45) is 0 Å². The Labute approximate surface area is 161 Å². The maximum absolute atomic E-state index is 13.1. The quantitative estimate of drug-likeness (QED) is 0.795. The highest BCUT2D eigenvalue weighted by molar-refractivity contribution is 7.91. The lowest BCUT2D eigenvalue weighted by atomic mass is 10.2. The third-order valence-corrected chi connectivity index (χ3v) is 6.16. The molecule has 1 aliphatic rings. The third-order valence-electron chi connectivity index (χ3n) is 4.31. The van der Waals surface area contributed by atoms with Crippen molar-refractivity contribution < 1.29 is 27.1 Å². The molecule has 7 nitrogen and oxygen atoms in total. The molecule has 1 aliphatic heterocycles. The fraction of sp³-hybridized carbons (Fsp3) is 0.263. The molecule has 0 bridgehead atoms. The Morgan fingerprint density at radius 1 is 1.21 bits per heavy atom. The van der Waals surface area contributed by atoms with Gasteiger partial charge < -0.3 is 15.4 Å². The number of carbonyl (C=O) groups is 2. The van der Waals surface area contributed by atoms with Gasteiger partial charge >= 0.3 is 0 Å². The van der Waals surface area contributed by atoms with Crippen LogP contribution < -0.4 is 15.4 Å². The Balaban J connectivity index is 1.71. The first-order valence-electron chi connectivity index (χ1n) is 8.52. The third kappa shape index (κ3) is 4.30. The molecule has 0 aliphatic carbocycles. The molecule has 2 amide bonds. The van der Waals surface area contributed by atoms with Crippen LogP contribution in [0.25, 0.3) is 0 Å². The fourth-order valence-electron chi connectivity index (χ4n) is 2.87. The molecular weight excluding hydrogens is 387 g/mol. The van der Waals surface area contributed by atoms with Crippen molar-refractivity contribution in [1.29, 1.82) is 0 Å². The van der Waals surface area contributed by atoms with Crippen LogP contribution in [-0.2, 0) is 19.4 Å². The first kappa shape index (κ1) is 19.8. The van der Waals surface area contributed by atoms with Crippen LogP contribution in [0.15, 0.2) is 35.2 Å². The van der Waals surface area contributed by atoms with Crippen LogP contribution in [0.3, 0.4) is 0 Å². The highest BCUT2D eigenvalue weighted by Crippen LogP contribution is 2.33. The number of fused-ring (bicyclic) bond motifs is 1. The van der Waals surface area contributed by atoms with Gasteiger partial charge in [-0.15, -0.1) is 0 Å². The smallest absolute Gasteiger partial charge is 0.262 e. The molecular formula is C19H19FN2O5S. The second-order valence-corrected chi connectivity index (χ2v) is 8.60. The number of halogens is 1. The normalized spacial score (nSPS) is 13.3. The largest absolute Gasteiger partial charge is 0.482 e. The number of benzene rings is 2. The number of aryl methyl sites for hydroxylation is 2. The van der Waals surface area contributed by atoms with E-state index < -0.39 is 27.3 Å². The van der Waals surface area contributed by atoms with Crippen molar-refractivity contribution in [2.45, 2.75) is 25.2 Å². The van der Waals surface area contributed by atoms with Crippen LogP contribution in [0.5, 0.6) is 5.75 Å². The Hall–Kier alpha value is -2.94. The molecule has 9 heteroatoms. The number of hydrogen-bond donors (Lipinski definition) is 2. The zero-order valence-electron chi connectivity index (χ0n) is 15.3. The predicted octanol–water partition coefficient (Wildman–Crippen LogP) is 2.58. The standard InChI is InChI=1S/C19H19FN2O5S/c1-11-7-13(20)3-4-14(11)21-18(23)5-6-28(25,26)17-9-16-15(8-12(17)2)22-19(24)10-27-16/h3-4,7-9H,5-6,10H2,1-2H3,(H,21,23)(H,22,24). The number of rotatable bonds is 5. The zero-order valence-corrected chi connectivity index (χ0v) is 16.2. The monoisotopic (exact) mass is 406 g/mol. The lowest BCUT2D eigenvalue weighted by molar-refractivity contribution is -0.118. The van der Waals surface area contributed by atoms with Gasteiger partial charge in [0.1, 0.15) is 11.6 Å². The fourth-order valence-corrected chi connectivity index (χ4v) is 4.38. The van der Waals surface area contributed by atoms with Gasteiger partial charge in [-0.05, 0) is 49.2 Å². The van der Waals surface area contributed by atoms with Gasteiger partial charge in [0.05, 0.1) is 16.3 Å². The Morgan fingerprint density at radius 3 is 2.68 bits per heavy atom. The van der Waals surface area contributed by atoms with Crippen molar-refractivity contribution in [3.05, 3.63) is 47.3 Å². The molecule has 28 heavy (non-hydrogen) atoms. The molecule has 0 atom stereocenters. The number of anilines is 2. The topological polar surface area (TPSA) is 102 Å². The van der Waals surface area contributed by atoms with Crippen molar-refractivity contribution in [2.75, 3.05) is 23.0 Å². The minimum absolute atomic E-state index is 0.0492. The molecule has 0 radical (unpaired) electrons. The summed E-state index contributed by atoms with van der Waals surface area (Å²) in [4.78, 5) is 23.6. The minimum Gasteiger partial charge on any atom is -0.482 e. The molecule has 0 saturated carbocycles. The number of ether oxygens (including phenoxy) is 1. The summed E-state index contributed by atoms with van der Waals surface area (Å²) in [5.74, 6) is -1.34. The molecule has 0 fully saturated rings. The molecule has 1 heterocycles. The Morgan fingerprint density at radius 2 is 1.96 bits per heavy atom. The van der Waals surface area contributed by atoms with E-state index in [1.165, 1.54) is 30.3 Å². The maximum atomic E-state index is 13.1. The maximum Gasteiger partial charge on any atom is 0.262 e. The Bertz CT molecular complexity index is 1070. The zero-order chi connectivity index (χ0) is 20.5. The van der Waals surface area contributed by atoms with Gasteiger partial charge in [-0.2, -0.15) is 0 Å². The molecule has 2 aromatic carbocycles. The van der Waals surface area contributed by atoms with Crippen molar-refractivity contribution in [3.8, 4) is 5.75 Å². The first-order valence-corrected chi connectivity index (χ1v) is 10.2. The van der Waals surface area contributed by atoms with E-state index in [-0.39, 0.29) is 29.6 Å². The van der Waals surface area contributed by atoms with Crippen LogP contribution in [-0.4, -0.2) is 32.6 Å². The second-order valence-electron chi connectivity index (χ2n) is 6.53. The summed E-state index contributed by atoms with van der Waals surface area (Å²) < 4.78 is 43.8. The summed E-state index contributed by atoms with van der Waals surface area (Å²) in [7, 11) is -3.76. The number of amides is 2. The molecule has 0 spiro atoms. The number of sulfone groups is 1. The van der Waals surface area contributed by atoms with E-state index >= 15 is 0 Å². The molecule has 148 valence electrons. The number of carbonyl (C=O) groups excluding carboxylic acids is 2. The predicted molar refractivity (Wildman–Crippen MR) is 102 cm³/mol. The van der Waals surface area contributed by atoms with E-state index in [9.17, 15) is 22.4 Å². The summed E-state index contributed by atoms with van der Waals surface area (Å²) in [6.45, 7) is 3.07. The molecule has 0 aromatic heterocycles. The first-order chi connectivity index (χ1) is 13.2. The minimum atomic E-state index is -3.76. The Kier molecular flexibility index (Phi) is 5.37. The highest BCUT2D eigenvalue weighted by atomic mass is 32.2. The summed E-state index contributed by atoms with van der Waals surface area (Å²) in [5.41, 5.74) is 1.83. The summed E-state index contributed by atoms with van der Waals surface area (Å²) in [6, 6.07) is 6.81. The van der Waals surface area contributed by atoms with Crippen LogP contribution in [0.2, 0.25) is 0 Å². The molecule has 3 rings (SSSR count). The van der Waals surface area contributed by atoms with Gasteiger partial charge in [0.25, 0.3) is 5.91 Å². The summed E-state index contributed by atoms with van der Waals surface area (Å²) in [6.07, 6.45) is -0.257. The second kappa shape index (κ2) is 7.59. The van der Waals surface area contributed by atoms with Crippen molar-refractivity contribution in [3.63, 3.8) is 0 Å². The van der Waals surface area contributed by atoms with E-state index in [2.05, 4.69) is 10.6 Å². The average molecular weight is 406 g/mol. The van der Waals surface area contributed by atoms with Gasteiger partial charge in [-0.25, -0.2) is 12.8 Å². The lowest BCUT2D eigenvalue weighted by Crippen LogP contribution is -2.26. The average Bonchev–Trinajstić information content (AvgIpc) is 2.61. The summed E-state index contributed by atoms with van der Waals surface area (Å²) in [5, 5.41) is 5.21. The molecule has 0 saturated heterocycles. The van der Waals surface area contributed by atoms with Gasteiger partial charge in [-0.3, -0.25) is 9.59 Å². The van der Waals surface area contributed by atoms with Crippen LogP contribution in [0, 0.1) is 19.7 Å².